The Labute approximate surface area is 138 Å². The molecule has 0 aromatic carbocycles. The van der Waals surface area contributed by atoms with Crippen LogP contribution in [0, 0.1) is 5.92 Å². The highest BCUT2D eigenvalue weighted by Crippen LogP contribution is 2.26. The monoisotopic (exact) mass is 416 g/mol. The molecule has 0 unspecified atom stereocenters. The number of nitrogens with zero attached hydrogens (tertiary/aromatic N) is 2. The molecule has 0 aromatic rings. The average Bonchev–Trinajstić information content (AvgIpc) is 2.71. The van der Waals surface area contributed by atoms with Crippen LogP contribution in [-0.2, 0) is 10.0 Å². The lowest BCUT2D eigenvalue weighted by Gasteiger charge is -2.24. The second-order valence-corrected chi connectivity index (χ2v) is 7.51. The molecule has 1 saturated heterocycles. The molecule has 2 aliphatic rings. The lowest BCUT2D eigenvalue weighted by atomic mass is 9.86. The van der Waals surface area contributed by atoms with Gasteiger partial charge in [0.15, 0.2) is 5.96 Å². The van der Waals surface area contributed by atoms with Gasteiger partial charge >= 0.3 is 0 Å². The third kappa shape index (κ3) is 5.03. The van der Waals surface area contributed by atoms with Gasteiger partial charge < -0.3 is 11.1 Å². The SMILES string of the molecule is CS(=O)(=O)N1CCC[C@@H]1CNC(N)=NCC1CCC1.I. The number of nitrogens with two attached hydrogens (primary N) is 1. The Bertz CT molecular complexity index is 437. The average molecular weight is 416 g/mol. The molecule has 8 heteroatoms. The molecule has 1 atom stereocenters. The van der Waals surface area contributed by atoms with Gasteiger partial charge in [0, 0.05) is 25.7 Å². The second-order valence-electron chi connectivity index (χ2n) is 5.57. The van der Waals surface area contributed by atoms with E-state index in [0.717, 1.165) is 19.4 Å². The highest BCUT2D eigenvalue weighted by atomic mass is 127. The van der Waals surface area contributed by atoms with Crippen LogP contribution < -0.4 is 11.1 Å². The molecule has 0 aromatic heterocycles. The fourth-order valence-electron chi connectivity index (χ4n) is 2.63. The minimum Gasteiger partial charge on any atom is -0.370 e. The van der Waals surface area contributed by atoms with E-state index in [0.29, 0.717) is 25.0 Å². The fourth-order valence-corrected chi connectivity index (χ4v) is 3.81. The summed E-state index contributed by atoms with van der Waals surface area (Å²) in [6, 6.07) is 0.00690. The van der Waals surface area contributed by atoms with E-state index in [1.807, 2.05) is 0 Å². The van der Waals surface area contributed by atoms with Crippen LogP contribution in [0.4, 0.5) is 0 Å². The summed E-state index contributed by atoms with van der Waals surface area (Å²) in [5.41, 5.74) is 5.80. The van der Waals surface area contributed by atoms with Crippen LogP contribution in [0.1, 0.15) is 32.1 Å². The molecule has 6 nitrogen and oxygen atoms in total. The van der Waals surface area contributed by atoms with Crippen molar-refractivity contribution < 1.29 is 8.42 Å². The third-order valence-electron chi connectivity index (χ3n) is 4.01. The summed E-state index contributed by atoms with van der Waals surface area (Å²) in [4.78, 5) is 4.31. The molecule has 3 N–H and O–H groups in total. The summed E-state index contributed by atoms with van der Waals surface area (Å²) >= 11 is 0. The molecule has 1 aliphatic heterocycles. The third-order valence-corrected chi connectivity index (χ3v) is 5.35. The molecule has 1 saturated carbocycles. The topological polar surface area (TPSA) is 87.8 Å². The van der Waals surface area contributed by atoms with E-state index in [9.17, 15) is 8.42 Å². The molecular weight excluding hydrogens is 391 g/mol. The maximum Gasteiger partial charge on any atom is 0.211 e. The molecule has 0 amide bonds. The summed E-state index contributed by atoms with van der Waals surface area (Å²) in [7, 11) is -3.11. The molecule has 20 heavy (non-hydrogen) atoms. The number of hydrogen-bond acceptors (Lipinski definition) is 3. The van der Waals surface area contributed by atoms with Crippen molar-refractivity contribution >= 4 is 40.0 Å². The van der Waals surface area contributed by atoms with Gasteiger partial charge in [-0.3, -0.25) is 4.99 Å². The lowest BCUT2D eigenvalue weighted by Crippen LogP contribution is -2.44. The van der Waals surface area contributed by atoms with E-state index in [4.69, 9.17) is 5.73 Å². The maximum atomic E-state index is 11.6. The Balaban J connectivity index is 0.00000200. The summed E-state index contributed by atoms with van der Waals surface area (Å²) in [6.45, 7) is 1.96. The van der Waals surface area contributed by atoms with Crippen LogP contribution in [0.15, 0.2) is 4.99 Å². The minimum atomic E-state index is -3.11. The molecule has 118 valence electrons. The highest BCUT2D eigenvalue weighted by Gasteiger charge is 2.31. The summed E-state index contributed by atoms with van der Waals surface area (Å²) < 4.78 is 24.7. The molecular formula is C12H25IN4O2S. The van der Waals surface area contributed by atoms with Crippen molar-refractivity contribution in [2.24, 2.45) is 16.6 Å². The van der Waals surface area contributed by atoms with Gasteiger partial charge in [0.25, 0.3) is 0 Å². The largest absolute Gasteiger partial charge is 0.370 e. The smallest absolute Gasteiger partial charge is 0.211 e. The number of guanidine groups is 1. The van der Waals surface area contributed by atoms with Gasteiger partial charge in [-0.05, 0) is 31.6 Å². The molecule has 0 radical (unpaired) electrons. The minimum absolute atomic E-state index is 0. The van der Waals surface area contributed by atoms with Crippen LogP contribution >= 0.6 is 24.0 Å². The zero-order valence-corrected chi connectivity index (χ0v) is 15.1. The molecule has 0 spiro atoms. The number of rotatable bonds is 5. The van der Waals surface area contributed by atoms with E-state index in [1.165, 1.54) is 25.5 Å². The van der Waals surface area contributed by atoms with Crippen molar-refractivity contribution in [1.82, 2.24) is 9.62 Å². The fraction of sp³-hybridized carbons (Fsp3) is 0.917. The molecule has 0 bridgehead atoms. The lowest BCUT2D eigenvalue weighted by molar-refractivity contribution is 0.326. The van der Waals surface area contributed by atoms with Gasteiger partial charge in [-0.15, -0.1) is 24.0 Å². The van der Waals surface area contributed by atoms with Crippen molar-refractivity contribution in [2.45, 2.75) is 38.1 Å². The number of halogens is 1. The van der Waals surface area contributed by atoms with E-state index >= 15 is 0 Å². The van der Waals surface area contributed by atoms with Gasteiger partial charge in [-0.2, -0.15) is 4.31 Å². The van der Waals surface area contributed by atoms with Gasteiger partial charge in [0.1, 0.15) is 0 Å². The molecule has 2 fully saturated rings. The zero-order chi connectivity index (χ0) is 13.9. The first-order valence-corrected chi connectivity index (χ1v) is 8.82. The number of hydrogen-bond donors (Lipinski definition) is 2. The van der Waals surface area contributed by atoms with Crippen molar-refractivity contribution in [3.05, 3.63) is 0 Å². The van der Waals surface area contributed by atoms with E-state index < -0.39 is 10.0 Å². The Morgan fingerprint density at radius 1 is 1.35 bits per heavy atom. The van der Waals surface area contributed by atoms with Crippen LogP contribution in [0.2, 0.25) is 0 Å². The van der Waals surface area contributed by atoms with Gasteiger partial charge in [0.05, 0.1) is 6.26 Å². The first-order chi connectivity index (χ1) is 8.97. The predicted octanol–water partition coefficient (Wildman–Crippen LogP) is 0.733. The predicted molar refractivity (Wildman–Crippen MR) is 91.8 cm³/mol. The molecule has 2 rings (SSSR count). The van der Waals surface area contributed by atoms with Gasteiger partial charge in [-0.25, -0.2) is 8.42 Å². The van der Waals surface area contributed by atoms with Crippen LogP contribution in [0.25, 0.3) is 0 Å². The van der Waals surface area contributed by atoms with Crippen LogP contribution in [-0.4, -0.2) is 50.6 Å². The Morgan fingerprint density at radius 3 is 2.60 bits per heavy atom. The van der Waals surface area contributed by atoms with Gasteiger partial charge in [-0.1, -0.05) is 6.42 Å². The van der Waals surface area contributed by atoms with E-state index in [1.54, 1.807) is 4.31 Å². The Kier molecular flexibility index (Phi) is 6.99. The number of sulfonamides is 1. The maximum absolute atomic E-state index is 11.6. The number of aliphatic imine (C=N–C) groups is 1. The zero-order valence-electron chi connectivity index (χ0n) is 11.9. The molecule has 1 heterocycles. The van der Waals surface area contributed by atoms with Gasteiger partial charge in [0.2, 0.25) is 10.0 Å². The summed E-state index contributed by atoms with van der Waals surface area (Å²) in [5.74, 6) is 1.13. The molecule has 1 aliphatic carbocycles. The summed E-state index contributed by atoms with van der Waals surface area (Å²) in [6.07, 6.45) is 6.87. The normalized spacial score (nSPS) is 25.1. The Morgan fingerprint density at radius 2 is 2.05 bits per heavy atom. The Hall–Kier alpha value is -0.0900. The van der Waals surface area contributed by atoms with Crippen LogP contribution in [0.5, 0.6) is 0 Å². The number of nitrogens with one attached hydrogen (secondary N) is 1. The quantitative estimate of drug-likeness (QED) is 0.393. The summed E-state index contributed by atoms with van der Waals surface area (Å²) in [5, 5.41) is 3.05. The van der Waals surface area contributed by atoms with Crippen molar-refractivity contribution in [3.8, 4) is 0 Å². The van der Waals surface area contributed by atoms with E-state index in [-0.39, 0.29) is 30.0 Å². The van der Waals surface area contributed by atoms with Crippen molar-refractivity contribution in [2.75, 3.05) is 25.9 Å². The van der Waals surface area contributed by atoms with E-state index in [2.05, 4.69) is 10.3 Å². The first-order valence-electron chi connectivity index (χ1n) is 6.97. The van der Waals surface area contributed by atoms with Crippen molar-refractivity contribution in [1.29, 1.82) is 0 Å². The second kappa shape index (κ2) is 7.79. The standard InChI is InChI=1S/C12H24N4O2S.HI/c1-19(17,18)16-7-3-6-11(16)9-15-12(13)14-8-10-4-2-5-10;/h10-11H,2-9H2,1H3,(H3,13,14,15);1H/t11-;/m1./s1. The highest BCUT2D eigenvalue weighted by molar-refractivity contribution is 14.0. The van der Waals surface area contributed by atoms with Crippen LogP contribution in [0.3, 0.4) is 0 Å². The van der Waals surface area contributed by atoms with Crippen molar-refractivity contribution in [3.63, 3.8) is 0 Å². The first kappa shape index (κ1) is 18.0.